The summed E-state index contributed by atoms with van der Waals surface area (Å²) in [5.74, 6) is -1.37. The highest BCUT2D eigenvalue weighted by Crippen LogP contribution is 2.31. The molecule has 0 atom stereocenters. The van der Waals surface area contributed by atoms with E-state index in [9.17, 15) is 25.0 Å². The van der Waals surface area contributed by atoms with E-state index in [2.05, 4.69) is 0 Å². The fraction of sp³-hybridized carbons (Fsp3) is 0.211. The van der Waals surface area contributed by atoms with E-state index in [1.165, 1.54) is 19.1 Å². The molecule has 0 fully saturated rings. The van der Waals surface area contributed by atoms with Crippen molar-refractivity contribution in [3.8, 4) is 11.8 Å². The van der Waals surface area contributed by atoms with Gasteiger partial charge in [-0.05, 0) is 51.0 Å². The number of ether oxygens (including phenoxy) is 1. The Kier molecular flexibility index (Phi) is 5.17. The second kappa shape index (κ2) is 7.15. The third-order valence-corrected chi connectivity index (χ3v) is 4.13. The van der Waals surface area contributed by atoms with Gasteiger partial charge in [0.15, 0.2) is 11.5 Å². The molecule has 7 heteroatoms. The van der Waals surface area contributed by atoms with Crippen LogP contribution in [0.1, 0.15) is 49.9 Å². The fourth-order valence-electron chi connectivity index (χ4n) is 2.48. The number of nitro benzene ring substituents is 1. The fourth-order valence-corrected chi connectivity index (χ4v) is 2.48. The summed E-state index contributed by atoms with van der Waals surface area (Å²) in [7, 11) is 0. The molecule has 132 valence electrons. The van der Waals surface area contributed by atoms with E-state index in [0.29, 0.717) is 11.1 Å². The molecule has 0 unspecified atom stereocenters. The summed E-state index contributed by atoms with van der Waals surface area (Å²) in [5.41, 5.74) is 1.66. The van der Waals surface area contributed by atoms with Gasteiger partial charge >= 0.3 is 5.97 Å². The van der Waals surface area contributed by atoms with Gasteiger partial charge in [0.25, 0.3) is 5.69 Å². The summed E-state index contributed by atoms with van der Waals surface area (Å²) in [5, 5.41) is 20.5. The van der Waals surface area contributed by atoms with Crippen LogP contribution < -0.4 is 4.74 Å². The molecule has 0 aliphatic heterocycles. The van der Waals surface area contributed by atoms with Crippen LogP contribution in [0, 0.1) is 42.2 Å². The molecule has 7 nitrogen and oxygen atoms in total. The van der Waals surface area contributed by atoms with Crippen LogP contribution in [0.4, 0.5) is 5.69 Å². The molecular formula is C19H16N2O5. The topological polar surface area (TPSA) is 110 Å². The third kappa shape index (κ3) is 3.44. The lowest BCUT2D eigenvalue weighted by Gasteiger charge is -2.14. The summed E-state index contributed by atoms with van der Waals surface area (Å²) in [6.07, 6.45) is 0. The van der Waals surface area contributed by atoms with Gasteiger partial charge in [0.2, 0.25) is 0 Å². The van der Waals surface area contributed by atoms with Crippen LogP contribution in [0.15, 0.2) is 24.3 Å². The average molecular weight is 352 g/mol. The molecule has 0 bridgehead atoms. The predicted octanol–water partition coefficient (Wildman–Crippen LogP) is 3.81. The number of aryl methyl sites for hydroxylation is 2. The monoisotopic (exact) mass is 352 g/mol. The molecule has 0 N–H and O–H groups in total. The van der Waals surface area contributed by atoms with Gasteiger partial charge < -0.3 is 4.74 Å². The van der Waals surface area contributed by atoms with Crippen LogP contribution in [-0.4, -0.2) is 16.7 Å². The first-order valence-corrected chi connectivity index (χ1v) is 7.69. The average Bonchev–Trinajstić information content (AvgIpc) is 2.58. The molecule has 0 radical (unpaired) electrons. The maximum atomic E-state index is 12.5. The van der Waals surface area contributed by atoms with Gasteiger partial charge in [-0.3, -0.25) is 14.9 Å². The number of hydrogen-bond acceptors (Lipinski definition) is 6. The summed E-state index contributed by atoms with van der Waals surface area (Å²) in [6, 6.07) is 7.45. The maximum Gasteiger partial charge on any atom is 0.343 e. The number of esters is 1. The molecule has 0 spiro atoms. The second-order valence-corrected chi connectivity index (χ2v) is 5.89. The predicted molar refractivity (Wildman–Crippen MR) is 93.4 cm³/mol. The highest BCUT2D eigenvalue weighted by Gasteiger charge is 2.23. The van der Waals surface area contributed by atoms with Crippen LogP contribution >= 0.6 is 0 Å². The number of Topliss-reactive ketones (excluding diaryl/α,β-unsaturated/α-hetero) is 1. The van der Waals surface area contributed by atoms with E-state index in [0.717, 1.165) is 11.6 Å². The van der Waals surface area contributed by atoms with Crippen LogP contribution in [0.2, 0.25) is 0 Å². The maximum absolute atomic E-state index is 12.5. The SMILES string of the molecule is CC(=O)c1cc(C)c(C)c(C#N)c1OC(=O)c1ccc(C)c([N+](=O)[O-])c1. The molecule has 2 aromatic rings. The molecule has 0 aromatic heterocycles. The Morgan fingerprint density at radius 3 is 2.35 bits per heavy atom. The molecule has 0 saturated carbocycles. The number of ketones is 1. The van der Waals surface area contributed by atoms with Crippen LogP contribution in [-0.2, 0) is 0 Å². The van der Waals surface area contributed by atoms with E-state index in [4.69, 9.17) is 4.74 Å². The molecular weight excluding hydrogens is 336 g/mol. The highest BCUT2D eigenvalue weighted by atomic mass is 16.6. The van der Waals surface area contributed by atoms with E-state index >= 15 is 0 Å². The normalized spacial score (nSPS) is 10.1. The lowest BCUT2D eigenvalue weighted by Crippen LogP contribution is -2.14. The quantitative estimate of drug-likeness (QED) is 0.272. The van der Waals surface area contributed by atoms with Crippen molar-refractivity contribution in [2.45, 2.75) is 27.7 Å². The third-order valence-electron chi connectivity index (χ3n) is 4.13. The number of carbonyl (C=O) groups excluding carboxylic acids is 2. The van der Waals surface area contributed by atoms with Crippen LogP contribution in [0.25, 0.3) is 0 Å². The zero-order chi connectivity index (χ0) is 19.6. The van der Waals surface area contributed by atoms with Gasteiger partial charge in [-0.25, -0.2) is 4.79 Å². The molecule has 0 saturated heterocycles. The van der Waals surface area contributed by atoms with E-state index < -0.39 is 10.9 Å². The number of nitrogens with zero attached hydrogens (tertiary/aromatic N) is 2. The summed E-state index contributed by atoms with van der Waals surface area (Å²) in [6.45, 7) is 6.29. The Bertz CT molecular complexity index is 986. The lowest BCUT2D eigenvalue weighted by atomic mass is 9.97. The molecule has 26 heavy (non-hydrogen) atoms. The van der Waals surface area contributed by atoms with Crippen molar-refractivity contribution in [3.63, 3.8) is 0 Å². The van der Waals surface area contributed by atoms with Gasteiger partial charge in [-0.2, -0.15) is 5.26 Å². The number of carbonyl (C=O) groups is 2. The summed E-state index contributed by atoms with van der Waals surface area (Å²) in [4.78, 5) is 34.8. The number of benzene rings is 2. The standard InChI is InChI=1S/C19H16N2O5/c1-10-5-6-14(8-17(10)21(24)25)19(23)26-18-15(13(4)22)7-11(2)12(3)16(18)9-20/h5-8H,1-4H3. The smallest absolute Gasteiger partial charge is 0.343 e. The summed E-state index contributed by atoms with van der Waals surface area (Å²) >= 11 is 0. The van der Waals surface area contributed by atoms with Gasteiger partial charge in [-0.15, -0.1) is 0 Å². The Balaban J connectivity index is 2.55. The molecule has 0 aliphatic carbocycles. The van der Waals surface area contributed by atoms with Crippen molar-refractivity contribution < 1.29 is 19.2 Å². The Morgan fingerprint density at radius 2 is 1.81 bits per heavy atom. The van der Waals surface area contributed by atoms with Gasteiger partial charge in [0.1, 0.15) is 6.07 Å². The number of nitriles is 1. The molecule has 0 aliphatic rings. The molecule has 2 rings (SSSR count). The largest absolute Gasteiger partial charge is 0.421 e. The molecule has 0 heterocycles. The highest BCUT2D eigenvalue weighted by molar-refractivity contribution is 6.00. The van der Waals surface area contributed by atoms with Crippen LogP contribution in [0.5, 0.6) is 5.75 Å². The molecule has 2 aromatic carbocycles. The van der Waals surface area contributed by atoms with Crippen molar-refractivity contribution in [2.75, 3.05) is 0 Å². The van der Waals surface area contributed by atoms with E-state index in [-0.39, 0.29) is 33.9 Å². The minimum atomic E-state index is -0.879. The van der Waals surface area contributed by atoms with Crippen LogP contribution in [0.3, 0.4) is 0 Å². The number of nitro groups is 1. The van der Waals surface area contributed by atoms with Gasteiger partial charge in [0.05, 0.1) is 21.6 Å². The van der Waals surface area contributed by atoms with Crippen molar-refractivity contribution in [1.82, 2.24) is 0 Å². The Labute approximate surface area is 150 Å². The van der Waals surface area contributed by atoms with E-state index in [1.54, 1.807) is 26.8 Å². The van der Waals surface area contributed by atoms with Gasteiger partial charge in [-0.1, -0.05) is 6.07 Å². The first-order chi connectivity index (χ1) is 12.2. The first kappa shape index (κ1) is 18.8. The van der Waals surface area contributed by atoms with Crippen molar-refractivity contribution in [1.29, 1.82) is 5.26 Å². The minimum absolute atomic E-state index is 0.0427. The first-order valence-electron chi connectivity index (χ1n) is 7.69. The Morgan fingerprint density at radius 1 is 1.15 bits per heavy atom. The second-order valence-electron chi connectivity index (χ2n) is 5.89. The molecule has 0 amide bonds. The minimum Gasteiger partial charge on any atom is -0.421 e. The zero-order valence-corrected chi connectivity index (χ0v) is 14.7. The van der Waals surface area contributed by atoms with Crippen molar-refractivity contribution in [3.05, 3.63) is 67.8 Å². The van der Waals surface area contributed by atoms with Crippen molar-refractivity contribution in [2.24, 2.45) is 0 Å². The Hall–Kier alpha value is -3.53. The lowest BCUT2D eigenvalue weighted by molar-refractivity contribution is -0.385. The van der Waals surface area contributed by atoms with Crippen molar-refractivity contribution >= 4 is 17.4 Å². The number of rotatable bonds is 4. The number of hydrogen-bond donors (Lipinski definition) is 0. The summed E-state index contributed by atoms with van der Waals surface area (Å²) < 4.78 is 5.32. The van der Waals surface area contributed by atoms with E-state index in [1.807, 2.05) is 6.07 Å². The van der Waals surface area contributed by atoms with Gasteiger partial charge in [0, 0.05) is 11.6 Å². The zero-order valence-electron chi connectivity index (χ0n) is 14.7.